The minimum atomic E-state index is -0.962. The van der Waals surface area contributed by atoms with Crippen LogP contribution in [0, 0.1) is 11.8 Å². The number of aliphatic carboxylic acids is 1. The van der Waals surface area contributed by atoms with Crippen molar-refractivity contribution in [3.05, 3.63) is 35.9 Å². The Hall–Kier alpha value is -2.37. The summed E-state index contributed by atoms with van der Waals surface area (Å²) in [4.78, 5) is 38.1. The van der Waals surface area contributed by atoms with Crippen molar-refractivity contribution < 1.29 is 19.5 Å². The maximum atomic E-state index is 12.7. The van der Waals surface area contributed by atoms with E-state index >= 15 is 0 Å². The Bertz CT molecular complexity index is 632. The Balaban J connectivity index is 2.04. The number of carbonyl (C=O) groups is 3. The van der Waals surface area contributed by atoms with Gasteiger partial charge in [0.25, 0.3) is 0 Å². The summed E-state index contributed by atoms with van der Waals surface area (Å²) < 4.78 is 0. The van der Waals surface area contributed by atoms with Crippen molar-refractivity contribution in [2.24, 2.45) is 11.8 Å². The Morgan fingerprint density at radius 1 is 1.27 bits per heavy atom. The summed E-state index contributed by atoms with van der Waals surface area (Å²) in [6.07, 6.45) is 2.11. The van der Waals surface area contributed by atoms with Crippen LogP contribution in [-0.4, -0.2) is 40.9 Å². The number of hydrogen-bond acceptors (Lipinski definition) is 3. The molecule has 1 heterocycles. The number of benzene rings is 1. The molecule has 6 nitrogen and oxygen atoms in total. The van der Waals surface area contributed by atoms with Crippen molar-refractivity contribution >= 4 is 17.8 Å². The molecule has 1 aromatic carbocycles. The molecule has 2 amide bonds. The fraction of sp³-hybridized carbons (Fsp3) is 0.550. The van der Waals surface area contributed by atoms with E-state index in [-0.39, 0.29) is 30.1 Å². The van der Waals surface area contributed by atoms with Gasteiger partial charge in [-0.2, -0.15) is 0 Å². The lowest BCUT2D eigenvalue weighted by molar-refractivity contribution is -0.139. The van der Waals surface area contributed by atoms with Crippen molar-refractivity contribution in [3.63, 3.8) is 0 Å². The van der Waals surface area contributed by atoms with Crippen LogP contribution in [0.1, 0.15) is 51.1 Å². The van der Waals surface area contributed by atoms with Gasteiger partial charge in [-0.1, -0.05) is 44.2 Å². The second kappa shape index (κ2) is 9.36. The normalized spacial score (nSPS) is 19.5. The molecule has 142 valence electrons. The molecular formula is C20H28N2O4. The third-order valence-corrected chi connectivity index (χ3v) is 5.03. The zero-order valence-electron chi connectivity index (χ0n) is 15.5. The maximum Gasteiger partial charge on any atom is 0.305 e. The van der Waals surface area contributed by atoms with Crippen LogP contribution in [0.4, 0.5) is 0 Å². The van der Waals surface area contributed by atoms with Crippen molar-refractivity contribution in [3.8, 4) is 0 Å². The topological polar surface area (TPSA) is 86.7 Å². The molecule has 1 saturated heterocycles. The number of rotatable bonds is 7. The van der Waals surface area contributed by atoms with E-state index < -0.39 is 12.0 Å². The molecule has 0 saturated carbocycles. The van der Waals surface area contributed by atoms with Crippen LogP contribution in [0.25, 0.3) is 0 Å². The smallest absolute Gasteiger partial charge is 0.305 e. The summed E-state index contributed by atoms with van der Waals surface area (Å²) in [7, 11) is 0. The van der Waals surface area contributed by atoms with Gasteiger partial charge >= 0.3 is 5.97 Å². The summed E-state index contributed by atoms with van der Waals surface area (Å²) in [6, 6.07) is 8.55. The number of piperidine rings is 1. The molecule has 0 aliphatic carbocycles. The molecule has 26 heavy (non-hydrogen) atoms. The molecular weight excluding hydrogens is 332 g/mol. The Kier molecular flexibility index (Phi) is 7.18. The van der Waals surface area contributed by atoms with Gasteiger partial charge in [-0.05, 0) is 24.8 Å². The van der Waals surface area contributed by atoms with Crippen LogP contribution in [0.2, 0.25) is 0 Å². The summed E-state index contributed by atoms with van der Waals surface area (Å²) >= 11 is 0. The molecule has 3 unspecified atom stereocenters. The lowest BCUT2D eigenvalue weighted by Crippen LogP contribution is -2.47. The van der Waals surface area contributed by atoms with Crippen LogP contribution >= 0.6 is 0 Å². The van der Waals surface area contributed by atoms with Gasteiger partial charge in [-0.3, -0.25) is 14.4 Å². The van der Waals surface area contributed by atoms with Crippen LogP contribution in [0.5, 0.6) is 0 Å². The van der Waals surface area contributed by atoms with Crippen molar-refractivity contribution in [2.45, 2.75) is 45.6 Å². The van der Waals surface area contributed by atoms with E-state index in [0.29, 0.717) is 19.5 Å². The lowest BCUT2D eigenvalue weighted by Gasteiger charge is -2.34. The largest absolute Gasteiger partial charge is 0.481 e. The third kappa shape index (κ3) is 5.31. The van der Waals surface area contributed by atoms with E-state index in [1.165, 1.54) is 0 Å². The van der Waals surface area contributed by atoms with Crippen LogP contribution in [0.3, 0.4) is 0 Å². The predicted molar refractivity (Wildman–Crippen MR) is 98.3 cm³/mol. The van der Waals surface area contributed by atoms with Gasteiger partial charge in [0.1, 0.15) is 0 Å². The minimum Gasteiger partial charge on any atom is -0.481 e. The van der Waals surface area contributed by atoms with Crippen LogP contribution in [-0.2, 0) is 14.4 Å². The lowest BCUT2D eigenvalue weighted by atomic mass is 9.94. The molecule has 2 N–H and O–H groups in total. The number of amides is 2. The summed E-state index contributed by atoms with van der Waals surface area (Å²) in [6.45, 7) is 4.98. The monoisotopic (exact) mass is 360 g/mol. The van der Waals surface area contributed by atoms with E-state index in [4.69, 9.17) is 5.11 Å². The quantitative estimate of drug-likeness (QED) is 0.782. The SMILES string of the molecule is CCC(C)C(=O)N1CCCC(C(=O)NC(CC(=O)O)c2ccccc2)C1. The Morgan fingerprint density at radius 3 is 2.58 bits per heavy atom. The Morgan fingerprint density at radius 2 is 1.96 bits per heavy atom. The fourth-order valence-corrected chi connectivity index (χ4v) is 3.28. The van der Waals surface area contributed by atoms with E-state index in [1.54, 1.807) is 4.90 Å². The standard InChI is InChI=1S/C20H28N2O4/c1-3-14(2)20(26)22-11-7-10-16(13-22)19(25)21-17(12-18(23)24)15-8-5-4-6-9-15/h4-6,8-9,14,16-17H,3,7,10-13H2,1-2H3,(H,21,25)(H,23,24). The molecule has 0 radical (unpaired) electrons. The molecule has 1 aliphatic rings. The number of nitrogens with one attached hydrogen (secondary N) is 1. The number of hydrogen-bond donors (Lipinski definition) is 2. The first kappa shape index (κ1) is 19.9. The van der Waals surface area contributed by atoms with E-state index in [9.17, 15) is 14.4 Å². The number of carboxylic acid groups (broad SMARTS) is 1. The molecule has 0 spiro atoms. The average Bonchev–Trinajstić information content (AvgIpc) is 2.66. The summed E-state index contributed by atoms with van der Waals surface area (Å²) in [5, 5.41) is 12.0. The van der Waals surface area contributed by atoms with E-state index in [0.717, 1.165) is 18.4 Å². The summed E-state index contributed by atoms with van der Waals surface area (Å²) in [5.74, 6) is -1.38. The molecule has 1 fully saturated rings. The van der Waals surface area contributed by atoms with Gasteiger partial charge in [-0.25, -0.2) is 0 Å². The van der Waals surface area contributed by atoms with Crippen molar-refractivity contribution in [1.29, 1.82) is 0 Å². The molecule has 1 aromatic rings. The second-order valence-electron chi connectivity index (χ2n) is 7.00. The van der Waals surface area contributed by atoms with Gasteiger partial charge in [-0.15, -0.1) is 0 Å². The molecule has 0 bridgehead atoms. The maximum absolute atomic E-state index is 12.7. The molecule has 6 heteroatoms. The predicted octanol–water partition coefficient (Wildman–Crippen LogP) is 2.60. The molecule has 1 aliphatic heterocycles. The van der Waals surface area contributed by atoms with Crippen LogP contribution in [0.15, 0.2) is 30.3 Å². The number of likely N-dealkylation sites (tertiary alicyclic amines) is 1. The average molecular weight is 360 g/mol. The highest BCUT2D eigenvalue weighted by molar-refractivity contribution is 5.83. The molecule has 0 aromatic heterocycles. The number of carbonyl (C=O) groups excluding carboxylic acids is 2. The van der Waals surface area contributed by atoms with Crippen LogP contribution < -0.4 is 5.32 Å². The van der Waals surface area contributed by atoms with E-state index in [2.05, 4.69) is 5.32 Å². The number of nitrogens with zero attached hydrogens (tertiary/aromatic N) is 1. The van der Waals surface area contributed by atoms with Gasteiger partial charge in [0.2, 0.25) is 11.8 Å². The highest BCUT2D eigenvalue weighted by Crippen LogP contribution is 2.22. The van der Waals surface area contributed by atoms with Gasteiger partial charge in [0, 0.05) is 19.0 Å². The fourth-order valence-electron chi connectivity index (χ4n) is 3.28. The van der Waals surface area contributed by atoms with Gasteiger partial charge in [0.15, 0.2) is 0 Å². The third-order valence-electron chi connectivity index (χ3n) is 5.03. The van der Waals surface area contributed by atoms with Crippen molar-refractivity contribution in [2.75, 3.05) is 13.1 Å². The minimum absolute atomic E-state index is 0.0408. The first-order valence-corrected chi connectivity index (χ1v) is 9.28. The van der Waals surface area contributed by atoms with Gasteiger partial charge in [0.05, 0.1) is 18.4 Å². The summed E-state index contributed by atoms with van der Waals surface area (Å²) in [5.41, 5.74) is 0.770. The molecule has 2 rings (SSSR count). The zero-order valence-corrected chi connectivity index (χ0v) is 15.5. The first-order valence-electron chi connectivity index (χ1n) is 9.28. The molecule has 3 atom stereocenters. The first-order chi connectivity index (χ1) is 12.4. The Labute approximate surface area is 154 Å². The van der Waals surface area contributed by atoms with Gasteiger partial charge < -0.3 is 15.3 Å². The highest BCUT2D eigenvalue weighted by Gasteiger charge is 2.31. The highest BCUT2D eigenvalue weighted by atomic mass is 16.4. The number of carboxylic acids is 1. The second-order valence-corrected chi connectivity index (χ2v) is 7.00. The zero-order chi connectivity index (χ0) is 19.1. The van der Waals surface area contributed by atoms with Crippen molar-refractivity contribution in [1.82, 2.24) is 10.2 Å². The van der Waals surface area contributed by atoms with E-state index in [1.807, 2.05) is 44.2 Å².